The Morgan fingerprint density at radius 2 is 0.723 bits per heavy atom. The molecule has 4 heterocycles. The molecule has 0 aliphatic carbocycles. The molecular formula is C55H96B4N8O12S4. The third-order valence-electron chi connectivity index (χ3n) is 12.8. The van der Waals surface area contributed by atoms with Crippen molar-refractivity contribution in [1.82, 2.24) is 39.2 Å². The highest BCUT2D eigenvalue weighted by molar-refractivity contribution is 7.10. The lowest BCUT2D eigenvalue weighted by molar-refractivity contribution is 0.0679. The normalized spacial score (nSPS) is 13.9. The minimum Gasteiger partial charge on any atom is -0.476 e. The average molecular weight is 1230 g/mol. The summed E-state index contributed by atoms with van der Waals surface area (Å²) in [4.78, 5) is 88.4. The predicted molar refractivity (Wildman–Crippen MR) is 344 cm³/mol. The van der Waals surface area contributed by atoms with Gasteiger partial charge in [-0.05, 0) is 103 Å². The number of carbonyl (C=O) groups excluding carboxylic acids is 4. The number of nitrogens with zero attached hydrogens (tertiary/aromatic N) is 8. The Hall–Kier alpha value is -3.92. The first-order valence-corrected chi connectivity index (χ1v) is 30.3. The number of carbonyl (C=O) groups is 6. The van der Waals surface area contributed by atoms with E-state index in [9.17, 15) is 49.2 Å². The van der Waals surface area contributed by atoms with Crippen molar-refractivity contribution in [3.8, 4) is 0 Å². The number of carboxylic acids is 2. The number of hydrogen-bond acceptors (Lipinski definition) is 22. The molecule has 4 rings (SSSR count). The molecule has 464 valence electrons. The number of aliphatic hydroxyl groups is 4. The minimum atomic E-state index is -1.11. The molecule has 0 aliphatic rings. The fourth-order valence-electron chi connectivity index (χ4n) is 8.63. The maximum Gasteiger partial charge on any atom is 0.355 e. The van der Waals surface area contributed by atoms with Crippen LogP contribution in [0.25, 0.3) is 0 Å². The van der Waals surface area contributed by atoms with Gasteiger partial charge in [-0.2, -0.15) is 0 Å². The van der Waals surface area contributed by atoms with Crippen LogP contribution in [0.4, 0.5) is 0 Å². The van der Waals surface area contributed by atoms with Gasteiger partial charge in [0.1, 0.15) is 44.4 Å². The van der Waals surface area contributed by atoms with Crippen LogP contribution >= 0.6 is 45.3 Å². The van der Waals surface area contributed by atoms with E-state index in [0.29, 0.717) is 53.7 Å². The number of rotatable bonds is 34. The number of carboxylic acid groups (broad SMARTS) is 2. The molecule has 28 heteroatoms. The largest absolute Gasteiger partial charge is 0.476 e. The van der Waals surface area contributed by atoms with Crippen molar-refractivity contribution in [1.29, 1.82) is 0 Å². The van der Waals surface area contributed by atoms with Crippen molar-refractivity contribution in [3.63, 3.8) is 0 Å². The van der Waals surface area contributed by atoms with Gasteiger partial charge in [-0.15, -0.1) is 45.3 Å². The van der Waals surface area contributed by atoms with Crippen LogP contribution in [0.15, 0.2) is 21.5 Å². The molecule has 0 aromatic carbocycles. The summed E-state index contributed by atoms with van der Waals surface area (Å²) in [7, 11) is 9.65. The lowest BCUT2D eigenvalue weighted by atomic mass is 9.85. The molecule has 0 aliphatic heterocycles. The summed E-state index contributed by atoms with van der Waals surface area (Å²) in [6.07, 6.45) is 4.04. The molecule has 0 spiro atoms. The van der Waals surface area contributed by atoms with Crippen molar-refractivity contribution in [3.05, 3.63) is 64.3 Å². The zero-order valence-corrected chi connectivity index (χ0v) is 52.1. The van der Waals surface area contributed by atoms with Gasteiger partial charge in [-0.1, -0.05) is 91.5 Å². The monoisotopic (exact) mass is 1230 g/mol. The van der Waals surface area contributed by atoms with E-state index < -0.39 is 36.4 Å². The third-order valence-corrected chi connectivity index (χ3v) is 16.8. The van der Waals surface area contributed by atoms with Crippen LogP contribution in [-0.2, 0) is 19.2 Å². The number of aryl methyl sites for hydroxylation is 2. The summed E-state index contributed by atoms with van der Waals surface area (Å²) < 4.78 is 0. The Balaban J connectivity index is -0.00000102. The Morgan fingerprint density at radius 1 is 0.470 bits per heavy atom. The smallest absolute Gasteiger partial charge is 0.355 e. The summed E-state index contributed by atoms with van der Waals surface area (Å²) in [5, 5.41) is 67.8. The standard InChI is InChI=1S/C14H22BN2O4S.C14H24BN2O2S.C12H18BN2O4S.C12H20BN2O2S.3CH4/c1-4-5-17(15-8-18)11(9(2)3)6-12(19)13-16-10(7-22-13)14(20)21;1-5-6-17(15-9-18)12(10(2)3)7-13(19)14-16-11(4)8-20-14;1-7(2)9(15(3)13-6-16)4-10(17)11-14-8(5-20-11)12(18)19;1-8(2)10(15(4)13-7-16)5-11(17)12-14-9(3)6-18-12;;;/h7-9,11-12,19H,4-6H2,1-3H3,(H,20,21);8-10,12-13,19H,5-7H2,1-4H3;5-7,9-10,17H,4H2,1-3H3,(H,18,19);6-8,10-11,17H,5H2,1-4H3;3*1H4/t11-,12-;12-,13+;9-,10-;10-,11+;;;/m1010.../s1. The van der Waals surface area contributed by atoms with Crippen LogP contribution in [0.3, 0.4) is 0 Å². The fourth-order valence-corrected chi connectivity index (χ4v) is 11.8. The summed E-state index contributed by atoms with van der Waals surface area (Å²) in [6, 6.07) is 0.207. The quantitative estimate of drug-likeness (QED) is 0.0188. The molecule has 0 fully saturated rings. The Labute approximate surface area is 515 Å². The number of aliphatic hydroxyl groups excluding tert-OH is 4. The number of aromatic nitrogens is 4. The Morgan fingerprint density at radius 3 is 0.928 bits per heavy atom. The first-order chi connectivity index (χ1) is 37.7. The molecule has 0 amide bonds. The number of aromatic carboxylic acids is 2. The van der Waals surface area contributed by atoms with Gasteiger partial charge >= 0.3 is 11.9 Å². The second-order valence-corrected chi connectivity index (χ2v) is 24.2. The van der Waals surface area contributed by atoms with Gasteiger partial charge in [-0.3, -0.25) is 0 Å². The predicted octanol–water partition coefficient (Wildman–Crippen LogP) is 8.81. The van der Waals surface area contributed by atoms with Crippen LogP contribution in [-0.4, -0.2) is 188 Å². The van der Waals surface area contributed by atoms with Gasteiger partial charge in [0.15, 0.2) is 11.4 Å². The van der Waals surface area contributed by atoms with Gasteiger partial charge < -0.3 is 69.1 Å². The fraction of sp³-hybridized carbons (Fsp3) is 0.673. The van der Waals surface area contributed by atoms with Crippen LogP contribution < -0.4 is 0 Å². The molecule has 0 bridgehead atoms. The Kier molecular flexibility index (Phi) is 44.7. The second kappa shape index (κ2) is 44.5. The molecule has 0 saturated heterocycles. The SMILES string of the molecule is C.C.C.CC(C)[C@@H](C[C@@H](O)c1nc(C(=O)O)cs1)N(C)[B]C=O.CCCN([B]C=O)[C@@H](C[C@@H](O)c1nc(C)cs1)C(C)C.CCCN([B]C=O)[C@H](C[C@@H](O)c1nc(C(=O)O)cs1)C(C)C.Cc1csc([C@H](O)C[C@@H](C(C)C)N(C)[B]C=O)n1. The Bertz CT molecular complexity index is 2400. The van der Waals surface area contributed by atoms with Crippen LogP contribution in [0.5, 0.6) is 0 Å². The first kappa shape index (κ1) is 83.3. The van der Waals surface area contributed by atoms with E-state index in [1.54, 1.807) is 19.3 Å². The molecule has 4 aromatic heterocycles. The van der Waals surface area contributed by atoms with Gasteiger partial charge in [-0.25, -0.2) is 29.5 Å². The van der Waals surface area contributed by atoms with Crippen LogP contribution in [0.2, 0.25) is 0 Å². The van der Waals surface area contributed by atoms with E-state index in [2.05, 4.69) is 54.6 Å². The van der Waals surface area contributed by atoms with E-state index in [-0.39, 0.29) is 69.7 Å². The van der Waals surface area contributed by atoms with E-state index >= 15 is 0 Å². The molecule has 4 aromatic rings. The molecular weight excluding hydrogens is 1140 g/mol. The maximum absolute atomic E-state index is 10.9. The van der Waals surface area contributed by atoms with E-state index in [1.807, 2.05) is 80.7 Å². The topological polar surface area (TPSA) is 288 Å². The van der Waals surface area contributed by atoms with Crippen LogP contribution in [0.1, 0.15) is 207 Å². The van der Waals surface area contributed by atoms with Crippen molar-refractivity contribution < 1.29 is 59.4 Å². The lowest BCUT2D eigenvalue weighted by Gasteiger charge is -2.34. The third kappa shape index (κ3) is 30.3. The minimum absolute atomic E-state index is 0. The molecule has 20 nitrogen and oxygen atoms in total. The first-order valence-electron chi connectivity index (χ1n) is 26.7. The van der Waals surface area contributed by atoms with Crippen molar-refractivity contribution >= 4 is 112 Å². The molecule has 0 unspecified atom stereocenters. The van der Waals surface area contributed by atoms with E-state index in [0.717, 1.165) is 88.6 Å². The summed E-state index contributed by atoms with van der Waals surface area (Å²) in [5.74, 6) is -1.04. The number of hydrogen-bond donors (Lipinski definition) is 6. The van der Waals surface area contributed by atoms with Crippen molar-refractivity contribution in [2.75, 3.05) is 27.2 Å². The van der Waals surface area contributed by atoms with E-state index in [4.69, 9.17) is 10.2 Å². The van der Waals surface area contributed by atoms with Crippen LogP contribution in [0, 0.1) is 37.5 Å². The zero-order valence-electron chi connectivity index (χ0n) is 48.9. The van der Waals surface area contributed by atoms with E-state index in [1.165, 1.54) is 55.7 Å². The molecule has 4 radical (unpaired) electrons. The molecule has 83 heavy (non-hydrogen) atoms. The lowest BCUT2D eigenvalue weighted by Crippen LogP contribution is -2.43. The van der Waals surface area contributed by atoms with Crippen molar-refractivity contribution in [2.45, 2.75) is 192 Å². The van der Waals surface area contributed by atoms with Gasteiger partial charge in [0.2, 0.25) is 0 Å². The maximum atomic E-state index is 10.9. The molecule has 0 saturated carbocycles. The second-order valence-electron chi connectivity index (χ2n) is 20.6. The highest BCUT2D eigenvalue weighted by Crippen LogP contribution is 2.30. The summed E-state index contributed by atoms with van der Waals surface area (Å²) in [5.41, 5.74) is 1.76. The zero-order chi connectivity index (χ0) is 60.8. The summed E-state index contributed by atoms with van der Waals surface area (Å²) in [6.45, 7) is 26.0. The summed E-state index contributed by atoms with van der Waals surface area (Å²) >= 11 is 5.23. The highest BCUT2D eigenvalue weighted by atomic mass is 32.1. The molecule has 6 N–H and O–H groups in total. The molecule has 8 atom stereocenters. The van der Waals surface area contributed by atoms with Gasteiger partial charge in [0.25, 0.3) is 29.7 Å². The van der Waals surface area contributed by atoms with Crippen molar-refractivity contribution in [2.24, 2.45) is 23.7 Å². The van der Waals surface area contributed by atoms with Gasteiger partial charge in [0, 0.05) is 57.1 Å². The average Bonchev–Trinajstić information content (AvgIpc) is 4.26. The van der Waals surface area contributed by atoms with Gasteiger partial charge in [0.05, 0.1) is 24.7 Å². The number of thiazole rings is 4. The highest BCUT2D eigenvalue weighted by Gasteiger charge is 2.30.